The Labute approximate surface area is 160 Å². The van der Waals surface area contributed by atoms with Gasteiger partial charge in [0.05, 0.1) is 6.61 Å². The average Bonchev–Trinajstić information content (AvgIpc) is 2.63. The second kappa shape index (κ2) is 9.06. The van der Waals surface area contributed by atoms with Gasteiger partial charge in [0, 0.05) is 30.1 Å². The van der Waals surface area contributed by atoms with Crippen molar-refractivity contribution in [3.05, 3.63) is 23.2 Å². The van der Waals surface area contributed by atoms with Crippen LogP contribution in [0.1, 0.15) is 40.0 Å². The molecule has 0 unspecified atom stereocenters. The van der Waals surface area contributed by atoms with Gasteiger partial charge in [-0.05, 0) is 51.3 Å². The molecule has 0 radical (unpaired) electrons. The quantitative estimate of drug-likeness (QED) is 0.760. The van der Waals surface area contributed by atoms with Crippen molar-refractivity contribution in [2.24, 2.45) is 5.92 Å². The van der Waals surface area contributed by atoms with Gasteiger partial charge >= 0.3 is 0 Å². The van der Waals surface area contributed by atoms with Crippen LogP contribution in [0.15, 0.2) is 23.1 Å². The maximum atomic E-state index is 13.0. The lowest BCUT2D eigenvalue weighted by Crippen LogP contribution is -2.44. The molecule has 0 aromatic heterocycles. The molecule has 1 saturated heterocycles. The zero-order chi connectivity index (χ0) is 19.3. The number of halogens is 1. The van der Waals surface area contributed by atoms with Crippen LogP contribution in [0.3, 0.4) is 0 Å². The fourth-order valence-electron chi connectivity index (χ4n) is 2.92. The first-order valence-electron chi connectivity index (χ1n) is 9.02. The molecule has 2 rings (SSSR count). The summed E-state index contributed by atoms with van der Waals surface area (Å²) in [4.78, 5) is 12.3. The predicted octanol–water partition coefficient (Wildman–Crippen LogP) is 3.05. The molecule has 1 amide bonds. The number of benzene rings is 1. The fraction of sp³-hybridized carbons (Fsp3) is 0.611. The minimum atomic E-state index is -3.72. The first kappa shape index (κ1) is 21.0. The third-order valence-electron chi connectivity index (χ3n) is 4.65. The topological polar surface area (TPSA) is 75.7 Å². The lowest BCUT2D eigenvalue weighted by atomic mass is 9.97. The highest BCUT2D eigenvalue weighted by Crippen LogP contribution is 2.32. The van der Waals surface area contributed by atoms with E-state index < -0.39 is 10.0 Å². The van der Waals surface area contributed by atoms with Crippen LogP contribution in [-0.2, 0) is 14.8 Å². The molecule has 0 bridgehead atoms. The monoisotopic (exact) mass is 402 g/mol. The van der Waals surface area contributed by atoms with E-state index >= 15 is 0 Å². The number of nitrogens with one attached hydrogen (secondary N) is 1. The number of hydrogen-bond donors (Lipinski definition) is 1. The molecular weight excluding hydrogens is 376 g/mol. The Morgan fingerprint density at radius 3 is 2.58 bits per heavy atom. The summed E-state index contributed by atoms with van der Waals surface area (Å²) in [5.41, 5.74) is 0. The second-order valence-corrected chi connectivity index (χ2v) is 8.86. The van der Waals surface area contributed by atoms with Crippen molar-refractivity contribution in [3.8, 4) is 5.75 Å². The lowest BCUT2D eigenvalue weighted by Gasteiger charge is -2.31. The smallest absolute Gasteiger partial charge is 0.246 e. The Bertz CT molecular complexity index is 731. The summed E-state index contributed by atoms with van der Waals surface area (Å²) in [5.74, 6) is 0.156. The standard InChI is InChI=1S/C18H27ClN2O4S/c1-4-13(3)20-18(22)14-8-10-21(11-9-14)26(23,24)17-12-15(19)6-7-16(17)25-5-2/h6-7,12-14H,4-5,8-11H2,1-3H3,(H,20,22)/t13-/m0/s1. The van der Waals surface area contributed by atoms with E-state index in [1.807, 2.05) is 13.8 Å². The fourth-order valence-corrected chi connectivity index (χ4v) is 4.78. The van der Waals surface area contributed by atoms with Crippen LogP contribution in [0.25, 0.3) is 0 Å². The first-order chi connectivity index (χ1) is 12.3. The molecule has 6 nitrogen and oxygen atoms in total. The van der Waals surface area contributed by atoms with Gasteiger partial charge in [0.15, 0.2) is 0 Å². The Hall–Kier alpha value is -1.31. The largest absolute Gasteiger partial charge is 0.492 e. The van der Waals surface area contributed by atoms with Crippen molar-refractivity contribution >= 4 is 27.5 Å². The van der Waals surface area contributed by atoms with Crippen LogP contribution < -0.4 is 10.1 Å². The number of carbonyl (C=O) groups is 1. The number of rotatable bonds is 7. The summed E-state index contributed by atoms with van der Waals surface area (Å²) >= 11 is 6.00. The number of hydrogen-bond acceptors (Lipinski definition) is 4. The SMILES string of the molecule is CCOc1ccc(Cl)cc1S(=O)(=O)N1CCC(C(=O)N[C@@H](C)CC)CC1. The molecule has 1 aromatic rings. The number of carbonyl (C=O) groups excluding carboxylic acids is 1. The summed E-state index contributed by atoms with van der Waals surface area (Å²) in [6.45, 7) is 6.75. The molecule has 1 aromatic carbocycles. The van der Waals surface area contributed by atoms with Gasteiger partial charge in [-0.2, -0.15) is 4.31 Å². The lowest BCUT2D eigenvalue weighted by molar-refractivity contribution is -0.126. The highest BCUT2D eigenvalue weighted by atomic mass is 35.5. The van der Waals surface area contributed by atoms with E-state index in [1.54, 1.807) is 19.1 Å². The van der Waals surface area contributed by atoms with E-state index in [9.17, 15) is 13.2 Å². The van der Waals surface area contributed by atoms with E-state index in [4.69, 9.17) is 16.3 Å². The number of ether oxygens (including phenoxy) is 1. The minimum absolute atomic E-state index is 0.00848. The molecule has 8 heteroatoms. The molecular formula is C18H27ClN2O4S. The van der Waals surface area contributed by atoms with Crippen LogP contribution >= 0.6 is 11.6 Å². The molecule has 26 heavy (non-hydrogen) atoms. The third-order valence-corrected chi connectivity index (χ3v) is 6.80. The maximum absolute atomic E-state index is 13.0. The van der Waals surface area contributed by atoms with Gasteiger partial charge in [0.1, 0.15) is 10.6 Å². The summed E-state index contributed by atoms with van der Waals surface area (Å²) < 4.78 is 32.9. The van der Waals surface area contributed by atoms with Crippen molar-refractivity contribution in [1.29, 1.82) is 0 Å². The number of nitrogens with zero attached hydrogens (tertiary/aromatic N) is 1. The summed E-state index contributed by atoms with van der Waals surface area (Å²) in [6, 6.07) is 4.73. The van der Waals surface area contributed by atoms with E-state index in [-0.39, 0.29) is 22.8 Å². The molecule has 1 aliphatic heterocycles. The van der Waals surface area contributed by atoms with E-state index in [2.05, 4.69) is 5.32 Å². The van der Waals surface area contributed by atoms with Gasteiger partial charge < -0.3 is 10.1 Å². The van der Waals surface area contributed by atoms with Gasteiger partial charge in [-0.25, -0.2) is 8.42 Å². The molecule has 1 atom stereocenters. The Morgan fingerprint density at radius 1 is 1.35 bits per heavy atom. The zero-order valence-electron chi connectivity index (χ0n) is 15.5. The van der Waals surface area contributed by atoms with Gasteiger partial charge in [-0.15, -0.1) is 0 Å². The molecule has 1 heterocycles. The second-order valence-electron chi connectivity index (χ2n) is 6.52. The van der Waals surface area contributed by atoms with Crippen LogP contribution in [0.4, 0.5) is 0 Å². The van der Waals surface area contributed by atoms with Gasteiger partial charge in [0.2, 0.25) is 15.9 Å². The number of sulfonamides is 1. The number of piperidine rings is 1. The van der Waals surface area contributed by atoms with Crippen molar-refractivity contribution in [1.82, 2.24) is 9.62 Å². The van der Waals surface area contributed by atoms with Crippen molar-refractivity contribution < 1.29 is 17.9 Å². The summed E-state index contributed by atoms with van der Waals surface area (Å²) in [5, 5.41) is 3.32. The highest BCUT2D eigenvalue weighted by Gasteiger charge is 2.34. The van der Waals surface area contributed by atoms with E-state index in [0.29, 0.717) is 43.3 Å². The highest BCUT2D eigenvalue weighted by molar-refractivity contribution is 7.89. The van der Waals surface area contributed by atoms with Crippen molar-refractivity contribution in [2.45, 2.75) is 51.0 Å². The van der Waals surface area contributed by atoms with Crippen molar-refractivity contribution in [3.63, 3.8) is 0 Å². The number of amides is 1. The third kappa shape index (κ3) is 4.90. The van der Waals surface area contributed by atoms with Crippen LogP contribution in [0.5, 0.6) is 5.75 Å². The predicted molar refractivity (Wildman–Crippen MR) is 102 cm³/mol. The maximum Gasteiger partial charge on any atom is 0.246 e. The summed E-state index contributed by atoms with van der Waals surface area (Å²) in [7, 11) is -3.72. The normalized spacial score (nSPS) is 17.7. The Kier molecular flexibility index (Phi) is 7.32. The molecule has 0 saturated carbocycles. The molecule has 0 aliphatic carbocycles. The van der Waals surface area contributed by atoms with Crippen LogP contribution in [0.2, 0.25) is 5.02 Å². The Morgan fingerprint density at radius 2 is 2.00 bits per heavy atom. The molecule has 0 spiro atoms. The molecule has 146 valence electrons. The molecule has 1 fully saturated rings. The van der Waals surface area contributed by atoms with E-state index in [1.165, 1.54) is 10.4 Å². The van der Waals surface area contributed by atoms with Gasteiger partial charge in [-0.3, -0.25) is 4.79 Å². The van der Waals surface area contributed by atoms with E-state index in [0.717, 1.165) is 6.42 Å². The summed E-state index contributed by atoms with van der Waals surface area (Å²) in [6.07, 6.45) is 1.88. The first-order valence-corrected chi connectivity index (χ1v) is 10.8. The van der Waals surface area contributed by atoms with Crippen LogP contribution in [-0.4, -0.2) is 44.4 Å². The minimum Gasteiger partial charge on any atom is -0.492 e. The van der Waals surface area contributed by atoms with Gasteiger partial charge in [0.25, 0.3) is 0 Å². The molecule has 1 aliphatic rings. The van der Waals surface area contributed by atoms with Crippen LogP contribution in [0, 0.1) is 5.92 Å². The average molecular weight is 403 g/mol. The zero-order valence-corrected chi connectivity index (χ0v) is 17.1. The van der Waals surface area contributed by atoms with Crippen molar-refractivity contribution in [2.75, 3.05) is 19.7 Å². The molecule has 1 N–H and O–H groups in total. The Balaban J connectivity index is 2.11. The van der Waals surface area contributed by atoms with Gasteiger partial charge in [-0.1, -0.05) is 18.5 Å².